The molecule has 1 saturated carbocycles. The molecule has 2 unspecified atom stereocenters. The Hall–Kier alpha value is -1.42. The molecule has 1 aromatic heterocycles. The molecule has 0 amide bonds. The van der Waals surface area contributed by atoms with Crippen LogP contribution in [0.3, 0.4) is 0 Å². The van der Waals surface area contributed by atoms with Crippen LogP contribution >= 0.6 is 0 Å². The second-order valence-electron chi connectivity index (χ2n) is 4.69. The number of nitrogens with zero attached hydrogens (tertiary/aromatic N) is 1. The number of aryl methyl sites for hydroxylation is 1. The fourth-order valence-electron chi connectivity index (χ4n) is 2.60. The second-order valence-corrected chi connectivity index (χ2v) is 4.69. The number of carboxylic acids is 1. The zero-order chi connectivity index (χ0) is 12.3. The van der Waals surface area contributed by atoms with Crippen LogP contribution in [0, 0.1) is 5.41 Å². The largest absolute Gasteiger partial charge is 0.481 e. The van der Waals surface area contributed by atoms with Crippen LogP contribution in [0.1, 0.15) is 31.4 Å². The minimum atomic E-state index is -0.961. The van der Waals surface area contributed by atoms with Gasteiger partial charge >= 0.3 is 5.97 Å². The van der Waals surface area contributed by atoms with Crippen LogP contribution in [-0.2, 0) is 11.2 Å². The summed E-state index contributed by atoms with van der Waals surface area (Å²) in [5.74, 6) is -0.876. The molecule has 0 aliphatic heterocycles. The summed E-state index contributed by atoms with van der Waals surface area (Å²) in [5, 5.41) is 19.2. The Morgan fingerprint density at radius 3 is 2.88 bits per heavy atom. The van der Waals surface area contributed by atoms with E-state index in [-0.39, 0.29) is 0 Å². The van der Waals surface area contributed by atoms with Crippen LogP contribution in [-0.4, -0.2) is 27.3 Å². The molecule has 1 aromatic rings. The molecule has 1 aliphatic rings. The number of hydrogen-bond acceptors (Lipinski definition) is 3. The third kappa shape index (κ3) is 2.31. The van der Waals surface area contributed by atoms with E-state index < -0.39 is 17.5 Å². The molecule has 0 bridgehead atoms. The van der Waals surface area contributed by atoms with E-state index in [2.05, 4.69) is 4.98 Å². The van der Waals surface area contributed by atoms with Gasteiger partial charge in [-0.1, -0.05) is 6.07 Å². The van der Waals surface area contributed by atoms with Gasteiger partial charge in [0.25, 0.3) is 0 Å². The van der Waals surface area contributed by atoms with E-state index in [1.54, 1.807) is 6.20 Å². The first-order valence-corrected chi connectivity index (χ1v) is 5.96. The van der Waals surface area contributed by atoms with Crippen molar-refractivity contribution in [3.05, 3.63) is 30.1 Å². The van der Waals surface area contributed by atoms with Crippen molar-refractivity contribution in [1.29, 1.82) is 0 Å². The number of aliphatic hydroxyl groups excluding tert-OH is 1. The summed E-state index contributed by atoms with van der Waals surface area (Å²) in [4.78, 5) is 15.6. The van der Waals surface area contributed by atoms with Crippen LogP contribution in [0.2, 0.25) is 0 Å². The lowest BCUT2D eigenvalue weighted by Crippen LogP contribution is -2.38. The summed E-state index contributed by atoms with van der Waals surface area (Å²) >= 11 is 0. The van der Waals surface area contributed by atoms with Crippen molar-refractivity contribution in [2.45, 2.75) is 38.2 Å². The van der Waals surface area contributed by atoms with Crippen LogP contribution in [0.5, 0.6) is 0 Å². The molecule has 2 rings (SSSR count). The van der Waals surface area contributed by atoms with Gasteiger partial charge in [0.05, 0.1) is 11.5 Å². The molecule has 0 spiro atoms. The van der Waals surface area contributed by atoms with E-state index in [0.717, 1.165) is 12.1 Å². The highest BCUT2D eigenvalue weighted by molar-refractivity contribution is 5.75. The zero-order valence-corrected chi connectivity index (χ0v) is 9.67. The molecular formula is C13H17NO3. The van der Waals surface area contributed by atoms with Crippen molar-refractivity contribution >= 4 is 5.97 Å². The first kappa shape index (κ1) is 12.0. The highest BCUT2D eigenvalue weighted by Gasteiger charge is 2.48. The molecule has 0 radical (unpaired) electrons. The van der Waals surface area contributed by atoms with Gasteiger partial charge in [0.1, 0.15) is 0 Å². The molecular weight excluding hydrogens is 218 g/mol. The van der Waals surface area contributed by atoms with Gasteiger partial charge in [-0.05, 0) is 44.2 Å². The smallest absolute Gasteiger partial charge is 0.312 e. The van der Waals surface area contributed by atoms with Crippen molar-refractivity contribution in [1.82, 2.24) is 4.98 Å². The second kappa shape index (κ2) is 4.84. The Morgan fingerprint density at radius 1 is 1.53 bits per heavy atom. The summed E-state index contributed by atoms with van der Waals surface area (Å²) in [6.07, 6.45) is 3.99. The maximum atomic E-state index is 11.4. The SMILES string of the molecule is O=C(O)C1(CCc2ccccn2)CCCC1O. The van der Waals surface area contributed by atoms with Crippen LogP contribution in [0.25, 0.3) is 0 Å². The number of hydrogen-bond donors (Lipinski definition) is 2. The third-order valence-corrected chi connectivity index (χ3v) is 3.72. The van der Waals surface area contributed by atoms with Gasteiger partial charge in [-0.2, -0.15) is 0 Å². The van der Waals surface area contributed by atoms with Gasteiger partial charge in [-0.15, -0.1) is 0 Å². The van der Waals surface area contributed by atoms with E-state index in [4.69, 9.17) is 0 Å². The average molecular weight is 235 g/mol. The Kier molecular flexibility index (Phi) is 3.43. The van der Waals surface area contributed by atoms with Crippen LogP contribution in [0.15, 0.2) is 24.4 Å². The normalized spacial score (nSPS) is 28.2. The van der Waals surface area contributed by atoms with E-state index >= 15 is 0 Å². The van der Waals surface area contributed by atoms with Gasteiger partial charge in [0, 0.05) is 11.9 Å². The summed E-state index contributed by atoms with van der Waals surface area (Å²) < 4.78 is 0. The van der Waals surface area contributed by atoms with Crippen molar-refractivity contribution in [3.63, 3.8) is 0 Å². The van der Waals surface area contributed by atoms with Crippen molar-refractivity contribution in [2.24, 2.45) is 5.41 Å². The number of carboxylic acid groups (broad SMARTS) is 1. The predicted octanol–water partition coefficient (Wildman–Crippen LogP) is 1.63. The minimum absolute atomic E-state index is 0.459. The van der Waals surface area contributed by atoms with Crippen LogP contribution < -0.4 is 0 Å². The molecule has 0 saturated heterocycles. The van der Waals surface area contributed by atoms with Crippen LogP contribution in [0.4, 0.5) is 0 Å². The third-order valence-electron chi connectivity index (χ3n) is 3.72. The molecule has 2 atom stereocenters. The maximum absolute atomic E-state index is 11.4. The fourth-order valence-corrected chi connectivity index (χ4v) is 2.60. The maximum Gasteiger partial charge on any atom is 0.312 e. The number of aromatic nitrogens is 1. The first-order chi connectivity index (χ1) is 8.15. The lowest BCUT2D eigenvalue weighted by molar-refractivity contribution is -0.155. The van der Waals surface area contributed by atoms with Gasteiger partial charge in [-0.3, -0.25) is 9.78 Å². The summed E-state index contributed by atoms with van der Waals surface area (Å²) in [5.41, 5.74) is -0.0791. The first-order valence-electron chi connectivity index (χ1n) is 5.96. The van der Waals surface area contributed by atoms with Gasteiger partial charge in [-0.25, -0.2) is 0 Å². The summed E-state index contributed by atoms with van der Waals surface area (Å²) in [6.45, 7) is 0. The average Bonchev–Trinajstić information content (AvgIpc) is 2.71. The van der Waals surface area contributed by atoms with E-state index in [9.17, 15) is 15.0 Å². The molecule has 0 aromatic carbocycles. The molecule has 1 fully saturated rings. The number of aliphatic carboxylic acids is 1. The zero-order valence-electron chi connectivity index (χ0n) is 9.67. The summed E-state index contributed by atoms with van der Waals surface area (Å²) in [6, 6.07) is 5.61. The van der Waals surface area contributed by atoms with E-state index in [1.165, 1.54) is 0 Å². The monoisotopic (exact) mass is 235 g/mol. The lowest BCUT2D eigenvalue weighted by Gasteiger charge is -2.27. The topological polar surface area (TPSA) is 70.4 Å². The summed E-state index contributed by atoms with van der Waals surface area (Å²) in [7, 11) is 0. The molecule has 2 N–H and O–H groups in total. The Balaban J connectivity index is 2.07. The predicted molar refractivity (Wildman–Crippen MR) is 62.5 cm³/mol. The van der Waals surface area contributed by atoms with E-state index in [1.807, 2.05) is 18.2 Å². The fraction of sp³-hybridized carbons (Fsp3) is 0.538. The molecule has 4 heteroatoms. The van der Waals surface area contributed by atoms with Gasteiger partial charge in [0.15, 0.2) is 0 Å². The van der Waals surface area contributed by atoms with Crippen molar-refractivity contribution < 1.29 is 15.0 Å². The number of carbonyl (C=O) groups is 1. The quantitative estimate of drug-likeness (QED) is 0.832. The minimum Gasteiger partial charge on any atom is -0.481 e. The lowest BCUT2D eigenvalue weighted by atomic mass is 9.79. The molecule has 1 heterocycles. The van der Waals surface area contributed by atoms with E-state index in [0.29, 0.717) is 25.7 Å². The highest BCUT2D eigenvalue weighted by Crippen LogP contribution is 2.42. The number of aliphatic hydroxyl groups is 1. The Bertz CT molecular complexity index is 393. The number of rotatable bonds is 4. The molecule has 1 aliphatic carbocycles. The number of pyridine rings is 1. The highest BCUT2D eigenvalue weighted by atomic mass is 16.4. The van der Waals surface area contributed by atoms with Crippen molar-refractivity contribution in [2.75, 3.05) is 0 Å². The van der Waals surface area contributed by atoms with Crippen molar-refractivity contribution in [3.8, 4) is 0 Å². The standard InChI is InChI=1S/C13H17NO3/c15-11-5-3-7-13(11,12(16)17)8-6-10-4-1-2-9-14-10/h1-2,4,9,11,15H,3,5-8H2,(H,16,17). The molecule has 17 heavy (non-hydrogen) atoms. The Morgan fingerprint density at radius 2 is 2.35 bits per heavy atom. The van der Waals surface area contributed by atoms with Gasteiger partial charge < -0.3 is 10.2 Å². The Labute approximate surface area is 100 Å². The molecule has 4 nitrogen and oxygen atoms in total. The molecule has 92 valence electrons. The van der Waals surface area contributed by atoms with Gasteiger partial charge in [0.2, 0.25) is 0 Å².